The Kier molecular flexibility index (Phi) is 2.81. The highest BCUT2D eigenvalue weighted by Gasteiger charge is 2.24. The third kappa shape index (κ3) is 1.82. The molecule has 1 aromatic heterocycles. The predicted molar refractivity (Wildman–Crippen MR) is 47.3 cm³/mol. The molecule has 0 aliphatic rings. The van der Waals surface area contributed by atoms with Crippen molar-refractivity contribution in [2.75, 3.05) is 0 Å². The maximum atomic E-state index is 10.8. The molecule has 3 nitrogen and oxygen atoms in total. The molecule has 0 bridgehead atoms. The molecule has 0 saturated carbocycles. The lowest BCUT2D eigenvalue weighted by Crippen LogP contribution is -2.17. The van der Waals surface area contributed by atoms with Crippen LogP contribution < -0.4 is 0 Å². The normalized spacial score (nSPS) is 13.2. The van der Waals surface area contributed by atoms with Gasteiger partial charge in [-0.3, -0.25) is 4.79 Å². The Morgan fingerprint density at radius 1 is 1.67 bits per heavy atom. The first-order chi connectivity index (χ1) is 5.63. The van der Waals surface area contributed by atoms with Gasteiger partial charge in [-0.25, -0.2) is 0 Å². The summed E-state index contributed by atoms with van der Waals surface area (Å²) in [5, 5.41) is 10.7. The molecule has 1 rings (SSSR count). The molecule has 0 fully saturated rings. The number of carboxylic acid groups (broad SMARTS) is 1. The summed E-state index contributed by atoms with van der Waals surface area (Å²) in [6.45, 7) is 3.77. The van der Waals surface area contributed by atoms with Gasteiger partial charge in [-0.2, -0.15) is 4.37 Å². The summed E-state index contributed by atoms with van der Waals surface area (Å²) in [6.07, 6.45) is 0. The monoisotopic (exact) mass is 185 g/mol. The van der Waals surface area contributed by atoms with Crippen molar-refractivity contribution >= 4 is 17.5 Å². The molecule has 0 saturated heterocycles. The standard InChI is InChI=1S/C8H11NO2S/c1-5(2)7(8(10)11)6-3-4-12-9-6/h3-5,7H,1-2H3,(H,10,11). The van der Waals surface area contributed by atoms with Gasteiger partial charge in [-0.05, 0) is 23.5 Å². The van der Waals surface area contributed by atoms with Crippen molar-refractivity contribution in [2.24, 2.45) is 5.92 Å². The lowest BCUT2D eigenvalue weighted by Gasteiger charge is -2.12. The van der Waals surface area contributed by atoms with Crippen molar-refractivity contribution in [1.82, 2.24) is 4.37 Å². The van der Waals surface area contributed by atoms with Crippen molar-refractivity contribution in [1.29, 1.82) is 0 Å². The Labute approximate surface area is 75.2 Å². The van der Waals surface area contributed by atoms with Crippen LogP contribution in [-0.4, -0.2) is 15.4 Å². The molecule has 0 aliphatic heterocycles. The summed E-state index contributed by atoms with van der Waals surface area (Å²) >= 11 is 1.29. The van der Waals surface area contributed by atoms with Crippen LogP contribution in [0.1, 0.15) is 25.5 Å². The maximum absolute atomic E-state index is 10.8. The number of nitrogens with zero attached hydrogens (tertiary/aromatic N) is 1. The molecule has 1 atom stereocenters. The number of aromatic nitrogens is 1. The highest BCUT2D eigenvalue weighted by Crippen LogP contribution is 2.23. The molecular formula is C8H11NO2S. The molecule has 0 spiro atoms. The Bertz CT molecular complexity index is 256. The van der Waals surface area contributed by atoms with Gasteiger partial charge in [0.2, 0.25) is 0 Å². The highest BCUT2D eigenvalue weighted by atomic mass is 32.1. The van der Waals surface area contributed by atoms with Crippen LogP contribution in [-0.2, 0) is 4.79 Å². The van der Waals surface area contributed by atoms with Crippen LogP contribution in [0.4, 0.5) is 0 Å². The largest absolute Gasteiger partial charge is 0.481 e. The maximum Gasteiger partial charge on any atom is 0.312 e. The van der Waals surface area contributed by atoms with E-state index in [0.717, 1.165) is 0 Å². The Morgan fingerprint density at radius 3 is 2.67 bits per heavy atom. The number of hydrogen-bond acceptors (Lipinski definition) is 3. The molecule has 4 heteroatoms. The summed E-state index contributed by atoms with van der Waals surface area (Å²) in [5.74, 6) is -1.17. The fourth-order valence-electron chi connectivity index (χ4n) is 1.14. The summed E-state index contributed by atoms with van der Waals surface area (Å²) in [4.78, 5) is 10.8. The number of rotatable bonds is 3. The molecule has 1 N–H and O–H groups in total. The van der Waals surface area contributed by atoms with Gasteiger partial charge in [0, 0.05) is 5.38 Å². The third-order valence-electron chi connectivity index (χ3n) is 1.71. The first-order valence-corrected chi connectivity index (χ1v) is 4.59. The van der Waals surface area contributed by atoms with E-state index < -0.39 is 11.9 Å². The summed E-state index contributed by atoms with van der Waals surface area (Å²) in [6, 6.07) is 1.77. The van der Waals surface area contributed by atoms with Gasteiger partial charge in [0.05, 0.1) is 5.69 Å². The van der Waals surface area contributed by atoms with Gasteiger partial charge < -0.3 is 5.11 Å². The second-order valence-electron chi connectivity index (χ2n) is 2.98. The van der Waals surface area contributed by atoms with E-state index in [-0.39, 0.29) is 5.92 Å². The van der Waals surface area contributed by atoms with Gasteiger partial charge in [-0.15, -0.1) is 0 Å². The second-order valence-corrected chi connectivity index (χ2v) is 3.65. The fraction of sp³-hybridized carbons (Fsp3) is 0.500. The van der Waals surface area contributed by atoms with Crippen LogP contribution in [0.5, 0.6) is 0 Å². The van der Waals surface area contributed by atoms with Gasteiger partial charge >= 0.3 is 5.97 Å². The SMILES string of the molecule is CC(C)C(C(=O)O)c1ccsn1. The van der Waals surface area contributed by atoms with Crippen LogP contribution in [0.25, 0.3) is 0 Å². The van der Waals surface area contributed by atoms with Gasteiger partial charge in [-0.1, -0.05) is 13.8 Å². The van der Waals surface area contributed by atoms with Crippen molar-refractivity contribution < 1.29 is 9.90 Å². The van der Waals surface area contributed by atoms with E-state index in [1.807, 2.05) is 13.8 Å². The number of aliphatic carboxylic acids is 1. The van der Waals surface area contributed by atoms with E-state index in [1.165, 1.54) is 11.5 Å². The topological polar surface area (TPSA) is 50.2 Å². The lowest BCUT2D eigenvalue weighted by atomic mass is 9.93. The van der Waals surface area contributed by atoms with Crippen LogP contribution >= 0.6 is 11.5 Å². The number of carbonyl (C=O) groups is 1. The zero-order valence-electron chi connectivity index (χ0n) is 7.02. The molecule has 66 valence electrons. The van der Waals surface area contributed by atoms with E-state index in [4.69, 9.17) is 5.11 Å². The van der Waals surface area contributed by atoms with Gasteiger partial charge in [0.15, 0.2) is 0 Å². The third-order valence-corrected chi connectivity index (χ3v) is 2.28. The molecule has 12 heavy (non-hydrogen) atoms. The smallest absolute Gasteiger partial charge is 0.312 e. The molecular weight excluding hydrogens is 174 g/mol. The molecule has 0 aliphatic carbocycles. The zero-order chi connectivity index (χ0) is 9.14. The Morgan fingerprint density at radius 2 is 2.33 bits per heavy atom. The van der Waals surface area contributed by atoms with E-state index >= 15 is 0 Å². The molecule has 0 radical (unpaired) electrons. The van der Waals surface area contributed by atoms with Crippen LogP contribution in [0.3, 0.4) is 0 Å². The molecule has 1 heterocycles. The van der Waals surface area contributed by atoms with Crippen LogP contribution in [0.15, 0.2) is 11.4 Å². The zero-order valence-corrected chi connectivity index (χ0v) is 7.84. The average molecular weight is 185 g/mol. The van der Waals surface area contributed by atoms with E-state index in [1.54, 1.807) is 11.4 Å². The van der Waals surface area contributed by atoms with E-state index in [9.17, 15) is 4.79 Å². The second kappa shape index (κ2) is 3.67. The summed E-state index contributed by atoms with van der Waals surface area (Å²) in [5.41, 5.74) is 0.669. The number of hydrogen-bond donors (Lipinski definition) is 1. The van der Waals surface area contributed by atoms with E-state index in [2.05, 4.69) is 4.37 Å². The summed E-state index contributed by atoms with van der Waals surface area (Å²) < 4.78 is 4.02. The van der Waals surface area contributed by atoms with Crippen molar-refractivity contribution in [3.05, 3.63) is 17.1 Å². The molecule has 1 unspecified atom stereocenters. The van der Waals surface area contributed by atoms with E-state index in [0.29, 0.717) is 5.69 Å². The Balaban J connectivity index is 2.88. The minimum absolute atomic E-state index is 0.0876. The summed E-state index contributed by atoms with van der Waals surface area (Å²) in [7, 11) is 0. The van der Waals surface area contributed by atoms with Crippen molar-refractivity contribution in [2.45, 2.75) is 19.8 Å². The molecule has 1 aromatic rings. The van der Waals surface area contributed by atoms with Gasteiger partial charge in [0.1, 0.15) is 5.92 Å². The van der Waals surface area contributed by atoms with Crippen LogP contribution in [0.2, 0.25) is 0 Å². The average Bonchev–Trinajstić information content (AvgIpc) is 2.37. The minimum Gasteiger partial charge on any atom is -0.481 e. The van der Waals surface area contributed by atoms with Gasteiger partial charge in [0.25, 0.3) is 0 Å². The van der Waals surface area contributed by atoms with Crippen molar-refractivity contribution in [3.8, 4) is 0 Å². The highest BCUT2D eigenvalue weighted by molar-refractivity contribution is 7.03. The first-order valence-electron chi connectivity index (χ1n) is 3.76. The Hall–Kier alpha value is -0.900. The first kappa shape index (κ1) is 9.19. The predicted octanol–water partition coefficient (Wildman–Crippen LogP) is 1.97. The number of carboxylic acids is 1. The fourth-order valence-corrected chi connectivity index (χ4v) is 1.69. The minimum atomic E-state index is -0.795. The van der Waals surface area contributed by atoms with Crippen molar-refractivity contribution in [3.63, 3.8) is 0 Å². The molecule has 0 aromatic carbocycles. The molecule has 0 amide bonds. The van der Waals surface area contributed by atoms with Crippen LogP contribution in [0, 0.1) is 5.92 Å². The quantitative estimate of drug-likeness (QED) is 0.783. The lowest BCUT2D eigenvalue weighted by molar-refractivity contribution is -0.139.